The van der Waals surface area contributed by atoms with Crippen molar-refractivity contribution in [1.29, 1.82) is 0 Å². The summed E-state index contributed by atoms with van der Waals surface area (Å²) >= 11 is 3.06. The van der Waals surface area contributed by atoms with Crippen LogP contribution >= 0.6 is 15.9 Å². The molecule has 9 nitrogen and oxygen atoms in total. The van der Waals surface area contributed by atoms with E-state index in [-0.39, 0.29) is 10.2 Å². The molecule has 1 aromatic carbocycles. The maximum Gasteiger partial charge on any atom is 0.424 e. The Labute approximate surface area is 181 Å². The fourth-order valence-electron chi connectivity index (χ4n) is 2.15. The van der Waals surface area contributed by atoms with Crippen LogP contribution in [0.5, 0.6) is 0 Å². The second-order valence-corrected chi connectivity index (χ2v) is 8.97. The molecule has 0 bridgehead atoms. The molecule has 0 atom stereocenters. The van der Waals surface area contributed by atoms with Gasteiger partial charge in [-0.2, -0.15) is 4.90 Å². The van der Waals surface area contributed by atoms with Gasteiger partial charge in [-0.05, 0) is 69.6 Å². The molecule has 0 fully saturated rings. The highest BCUT2D eigenvalue weighted by Crippen LogP contribution is 2.41. The molecule has 0 aromatic heterocycles. The van der Waals surface area contributed by atoms with E-state index < -0.39 is 52.7 Å². The molecule has 2 amide bonds. The molecule has 0 aliphatic carbocycles. The number of nitro groups is 1. The van der Waals surface area contributed by atoms with Gasteiger partial charge >= 0.3 is 17.9 Å². The number of amides is 2. The number of halogens is 3. The molecular weight excluding hydrogens is 472 g/mol. The largest absolute Gasteiger partial charge is 0.443 e. The van der Waals surface area contributed by atoms with Crippen molar-refractivity contribution in [2.45, 2.75) is 59.2 Å². The number of nitro benzene ring substituents is 1. The molecule has 0 saturated carbocycles. The van der Waals surface area contributed by atoms with E-state index in [0.717, 1.165) is 6.07 Å². The Balaban J connectivity index is 3.65. The first kappa shape index (κ1) is 25.5. The van der Waals surface area contributed by atoms with E-state index in [1.165, 1.54) is 6.07 Å². The summed E-state index contributed by atoms with van der Waals surface area (Å²) < 4.78 is 35.8. The average Bonchev–Trinajstić information content (AvgIpc) is 2.50. The number of rotatable bonds is 5. The van der Waals surface area contributed by atoms with E-state index in [4.69, 9.17) is 9.47 Å². The van der Waals surface area contributed by atoms with Crippen LogP contribution in [0, 0.1) is 10.1 Å². The lowest BCUT2D eigenvalue weighted by molar-refractivity contribution is -0.383. The van der Waals surface area contributed by atoms with Crippen LogP contribution in [0.1, 0.15) is 41.5 Å². The number of benzene rings is 1. The SMILES string of the molecule is CC(C)(C)OC(=O)N(C(=O)OC(C)(C)C)c1ccc(Br)c(NCC(F)F)c1[N+](=O)[O-]. The average molecular weight is 496 g/mol. The van der Waals surface area contributed by atoms with Gasteiger partial charge < -0.3 is 14.8 Å². The Morgan fingerprint density at radius 3 is 1.97 bits per heavy atom. The summed E-state index contributed by atoms with van der Waals surface area (Å²) in [6.45, 7) is 8.39. The van der Waals surface area contributed by atoms with Crippen molar-refractivity contribution in [2.75, 3.05) is 16.8 Å². The molecule has 12 heteroatoms. The molecule has 168 valence electrons. The summed E-state index contributed by atoms with van der Waals surface area (Å²) in [6, 6.07) is 2.39. The number of anilines is 2. The van der Waals surface area contributed by atoms with Gasteiger partial charge in [0.25, 0.3) is 6.43 Å². The maximum atomic E-state index is 12.8. The van der Waals surface area contributed by atoms with Gasteiger partial charge in [0, 0.05) is 4.47 Å². The normalized spacial score (nSPS) is 11.8. The van der Waals surface area contributed by atoms with Crippen LogP contribution in [0.25, 0.3) is 0 Å². The third-order valence-electron chi connectivity index (χ3n) is 3.11. The predicted octanol–water partition coefficient (Wildman–Crippen LogP) is 5.71. The fraction of sp³-hybridized carbons (Fsp3) is 0.556. The molecule has 1 aromatic rings. The zero-order valence-electron chi connectivity index (χ0n) is 17.4. The predicted molar refractivity (Wildman–Crippen MR) is 110 cm³/mol. The van der Waals surface area contributed by atoms with Gasteiger partial charge in [0.15, 0.2) is 0 Å². The first-order valence-corrected chi connectivity index (χ1v) is 9.58. The lowest BCUT2D eigenvalue weighted by Crippen LogP contribution is -2.44. The second-order valence-electron chi connectivity index (χ2n) is 8.12. The molecule has 0 spiro atoms. The maximum absolute atomic E-state index is 12.8. The summed E-state index contributed by atoms with van der Waals surface area (Å²) in [5.41, 5.74) is -3.66. The van der Waals surface area contributed by atoms with Crippen molar-refractivity contribution in [3.05, 3.63) is 26.7 Å². The van der Waals surface area contributed by atoms with Crippen LogP contribution < -0.4 is 10.2 Å². The van der Waals surface area contributed by atoms with Gasteiger partial charge in [0.05, 0.1) is 11.5 Å². The van der Waals surface area contributed by atoms with Crippen molar-refractivity contribution in [2.24, 2.45) is 0 Å². The number of hydrogen-bond donors (Lipinski definition) is 1. The highest BCUT2D eigenvalue weighted by Gasteiger charge is 2.38. The zero-order chi connectivity index (χ0) is 23.4. The minimum Gasteiger partial charge on any atom is -0.443 e. The molecule has 1 N–H and O–H groups in total. The quantitative estimate of drug-likeness (QED) is 0.411. The highest BCUT2D eigenvalue weighted by atomic mass is 79.9. The molecular formula is C18H24BrF2N3O6. The summed E-state index contributed by atoms with van der Waals surface area (Å²) in [4.78, 5) is 36.8. The second kappa shape index (κ2) is 9.54. The van der Waals surface area contributed by atoms with Gasteiger partial charge in [-0.15, -0.1) is 0 Å². The van der Waals surface area contributed by atoms with Crippen molar-refractivity contribution in [1.82, 2.24) is 0 Å². The number of nitrogens with one attached hydrogen (secondary N) is 1. The van der Waals surface area contributed by atoms with Crippen LogP contribution in [-0.4, -0.2) is 41.3 Å². The van der Waals surface area contributed by atoms with Gasteiger partial charge in [-0.1, -0.05) is 0 Å². The van der Waals surface area contributed by atoms with Crippen LogP contribution in [-0.2, 0) is 9.47 Å². The van der Waals surface area contributed by atoms with E-state index >= 15 is 0 Å². The lowest BCUT2D eigenvalue weighted by atomic mass is 10.2. The van der Waals surface area contributed by atoms with E-state index in [0.29, 0.717) is 4.90 Å². The standard InChI is InChI=1S/C18H24BrF2N3O6/c1-17(2,3)29-15(25)23(16(26)30-18(4,5)6)11-8-7-10(19)13(14(11)24(27)28)22-9-12(20)21/h7-8,12,22H,9H2,1-6H3. The molecule has 30 heavy (non-hydrogen) atoms. The zero-order valence-corrected chi connectivity index (χ0v) is 19.0. The number of ether oxygens (including phenoxy) is 2. The molecule has 0 radical (unpaired) electrons. The summed E-state index contributed by atoms with van der Waals surface area (Å²) in [5, 5.41) is 14.0. The fourth-order valence-corrected chi connectivity index (χ4v) is 2.61. The molecule has 1 rings (SSSR count). The monoisotopic (exact) mass is 495 g/mol. The van der Waals surface area contributed by atoms with Crippen LogP contribution in [0.3, 0.4) is 0 Å². The first-order valence-electron chi connectivity index (χ1n) is 8.78. The third kappa shape index (κ3) is 7.39. The number of hydrogen-bond acceptors (Lipinski definition) is 7. The van der Waals surface area contributed by atoms with E-state index in [1.54, 1.807) is 41.5 Å². The van der Waals surface area contributed by atoms with Crippen molar-refractivity contribution >= 4 is 45.2 Å². The molecule has 0 unspecified atom stereocenters. The van der Waals surface area contributed by atoms with Crippen molar-refractivity contribution < 1.29 is 32.8 Å². The topological polar surface area (TPSA) is 111 Å². The van der Waals surface area contributed by atoms with Crippen LogP contribution in [0.15, 0.2) is 16.6 Å². The van der Waals surface area contributed by atoms with Gasteiger partial charge in [-0.3, -0.25) is 10.1 Å². The van der Waals surface area contributed by atoms with Crippen LogP contribution in [0.2, 0.25) is 0 Å². The molecule has 0 aliphatic rings. The van der Waals surface area contributed by atoms with Gasteiger partial charge in [0.1, 0.15) is 22.6 Å². The summed E-state index contributed by atoms with van der Waals surface area (Å²) in [7, 11) is 0. The number of carbonyl (C=O) groups excluding carboxylic acids is 2. The Bertz CT molecular complexity index is 793. The van der Waals surface area contributed by atoms with Gasteiger partial charge in [0.2, 0.25) is 0 Å². The Kier molecular flexibility index (Phi) is 8.12. The molecule has 0 saturated heterocycles. The Hall–Kier alpha value is -2.50. The van der Waals surface area contributed by atoms with E-state index in [2.05, 4.69) is 21.2 Å². The van der Waals surface area contributed by atoms with Crippen LogP contribution in [0.4, 0.5) is 35.4 Å². The number of nitrogens with zero attached hydrogens (tertiary/aromatic N) is 2. The summed E-state index contributed by atoms with van der Waals surface area (Å²) in [5.74, 6) is 0. The Morgan fingerprint density at radius 1 is 1.13 bits per heavy atom. The number of carbonyl (C=O) groups is 2. The smallest absolute Gasteiger partial charge is 0.424 e. The Morgan fingerprint density at radius 2 is 1.60 bits per heavy atom. The molecule has 0 aliphatic heterocycles. The minimum absolute atomic E-state index is 0.0897. The number of alkyl halides is 2. The molecule has 0 heterocycles. The van der Waals surface area contributed by atoms with Crippen molar-refractivity contribution in [3.63, 3.8) is 0 Å². The van der Waals surface area contributed by atoms with E-state index in [1.807, 2.05) is 0 Å². The minimum atomic E-state index is -2.80. The van der Waals surface area contributed by atoms with Gasteiger partial charge in [-0.25, -0.2) is 18.4 Å². The highest BCUT2D eigenvalue weighted by molar-refractivity contribution is 9.10. The van der Waals surface area contributed by atoms with Crippen molar-refractivity contribution in [3.8, 4) is 0 Å². The van der Waals surface area contributed by atoms with E-state index in [9.17, 15) is 28.5 Å². The first-order chi connectivity index (χ1) is 13.5. The number of imide groups is 1. The third-order valence-corrected chi connectivity index (χ3v) is 3.78. The summed E-state index contributed by atoms with van der Waals surface area (Å²) in [6.07, 6.45) is -5.24. The lowest BCUT2D eigenvalue weighted by Gasteiger charge is -2.28.